The second-order valence-corrected chi connectivity index (χ2v) is 3.75. The smallest absolute Gasteiger partial charge is 0.123 e. The fraction of sp³-hybridized carbons (Fsp3) is 0.250. The average Bonchev–Trinajstić information content (AvgIpc) is 2.62. The first kappa shape index (κ1) is 9.93. The first-order valence-corrected chi connectivity index (χ1v) is 5.06. The molecule has 1 aromatic carbocycles. The van der Waals surface area contributed by atoms with Gasteiger partial charge in [-0.25, -0.2) is 4.98 Å². The molecule has 0 aliphatic carbocycles. The first-order chi connectivity index (χ1) is 7.18. The van der Waals surface area contributed by atoms with E-state index < -0.39 is 0 Å². The summed E-state index contributed by atoms with van der Waals surface area (Å²) in [4.78, 5) is 7.71. The number of rotatable bonds is 2. The molecule has 3 nitrogen and oxygen atoms in total. The van der Waals surface area contributed by atoms with Crippen LogP contribution in [0.25, 0.3) is 11.3 Å². The Kier molecular flexibility index (Phi) is 2.56. The highest BCUT2D eigenvalue weighted by Gasteiger charge is 2.10. The molecule has 0 saturated heterocycles. The van der Waals surface area contributed by atoms with Crippen molar-refractivity contribution in [1.29, 1.82) is 0 Å². The van der Waals surface area contributed by atoms with E-state index in [9.17, 15) is 0 Å². The summed E-state index contributed by atoms with van der Waals surface area (Å²) in [7, 11) is 0. The third-order valence-corrected chi connectivity index (χ3v) is 2.38. The predicted octanol–water partition coefficient (Wildman–Crippen LogP) is 2.40. The molecule has 0 radical (unpaired) electrons. The average molecular weight is 201 g/mol. The van der Waals surface area contributed by atoms with Crippen molar-refractivity contribution in [2.24, 2.45) is 5.73 Å². The molecule has 1 unspecified atom stereocenters. The first-order valence-electron chi connectivity index (χ1n) is 5.06. The Morgan fingerprint density at radius 1 is 1.27 bits per heavy atom. The van der Waals surface area contributed by atoms with E-state index in [2.05, 4.69) is 9.97 Å². The van der Waals surface area contributed by atoms with Gasteiger partial charge in [-0.15, -0.1) is 0 Å². The van der Waals surface area contributed by atoms with Crippen molar-refractivity contribution in [3.8, 4) is 11.3 Å². The highest BCUT2D eigenvalue weighted by atomic mass is 15.0. The van der Waals surface area contributed by atoms with Gasteiger partial charge in [0.25, 0.3) is 0 Å². The molecule has 0 aliphatic rings. The van der Waals surface area contributed by atoms with Crippen molar-refractivity contribution in [1.82, 2.24) is 9.97 Å². The van der Waals surface area contributed by atoms with E-state index in [0.717, 1.165) is 22.8 Å². The number of hydrogen-bond acceptors (Lipinski definition) is 2. The minimum Gasteiger partial charge on any atom is -0.344 e. The van der Waals surface area contributed by atoms with Crippen LogP contribution in [0, 0.1) is 6.92 Å². The Labute approximate surface area is 89.4 Å². The molecule has 2 rings (SSSR count). The number of aryl methyl sites for hydroxylation is 1. The van der Waals surface area contributed by atoms with Crippen molar-refractivity contribution in [2.45, 2.75) is 19.9 Å². The molecule has 1 atom stereocenters. The number of H-pyrrole nitrogens is 1. The van der Waals surface area contributed by atoms with Crippen LogP contribution in [-0.4, -0.2) is 9.97 Å². The van der Waals surface area contributed by atoms with Gasteiger partial charge in [0.05, 0.1) is 11.7 Å². The van der Waals surface area contributed by atoms with Gasteiger partial charge >= 0.3 is 0 Å². The summed E-state index contributed by atoms with van der Waals surface area (Å²) >= 11 is 0. The van der Waals surface area contributed by atoms with E-state index in [0.29, 0.717) is 0 Å². The highest BCUT2D eigenvalue weighted by molar-refractivity contribution is 5.61. The Balaban J connectivity index is 2.45. The number of nitrogens with one attached hydrogen (secondary N) is 1. The summed E-state index contributed by atoms with van der Waals surface area (Å²) in [5.74, 6) is 0.839. The molecule has 0 amide bonds. The molecule has 0 fully saturated rings. The lowest BCUT2D eigenvalue weighted by atomic mass is 10.1. The quantitative estimate of drug-likeness (QED) is 0.784. The normalized spacial score (nSPS) is 12.7. The van der Waals surface area contributed by atoms with Crippen LogP contribution in [0.5, 0.6) is 0 Å². The van der Waals surface area contributed by atoms with Crippen molar-refractivity contribution < 1.29 is 0 Å². The highest BCUT2D eigenvalue weighted by Crippen LogP contribution is 2.21. The van der Waals surface area contributed by atoms with Gasteiger partial charge in [0.1, 0.15) is 5.82 Å². The number of hydrogen-bond donors (Lipinski definition) is 2. The number of aromatic amines is 1. The van der Waals surface area contributed by atoms with Crippen LogP contribution < -0.4 is 5.73 Å². The topological polar surface area (TPSA) is 54.7 Å². The van der Waals surface area contributed by atoms with Gasteiger partial charge in [-0.1, -0.05) is 30.3 Å². The van der Waals surface area contributed by atoms with E-state index in [1.807, 2.05) is 44.2 Å². The molecule has 78 valence electrons. The van der Waals surface area contributed by atoms with Crippen molar-refractivity contribution in [3.05, 3.63) is 41.9 Å². The zero-order valence-corrected chi connectivity index (χ0v) is 8.99. The summed E-state index contributed by atoms with van der Waals surface area (Å²) in [6, 6.07) is 10.1. The van der Waals surface area contributed by atoms with Crippen molar-refractivity contribution in [3.63, 3.8) is 0 Å². The van der Waals surface area contributed by atoms with E-state index in [-0.39, 0.29) is 6.04 Å². The van der Waals surface area contributed by atoms with Gasteiger partial charge < -0.3 is 10.7 Å². The largest absolute Gasteiger partial charge is 0.344 e. The monoisotopic (exact) mass is 201 g/mol. The molecule has 15 heavy (non-hydrogen) atoms. The maximum atomic E-state index is 5.78. The van der Waals surface area contributed by atoms with Crippen molar-refractivity contribution >= 4 is 0 Å². The van der Waals surface area contributed by atoms with E-state index >= 15 is 0 Å². The second-order valence-electron chi connectivity index (χ2n) is 3.75. The zero-order chi connectivity index (χ0) is 10.8. The number of nitrogens with zero attached hydrogens (tertiary/aromatic N) is 1. The second kappa shape index (κ2) is 3.87. The molecule has 2 aromatic rings. The van der Waals surface area contributed by atoms with Crippen LogP contribution in [0.1, 0.15) is 24.5 Å². The Bertz CT molecular complexity index is 443. The molecule has 0 aliphatic heterocycles. The minimum absolute atomic E-state index is 0.0545. The lowest BCUT2D eigenvalue weighted by molar-refractivity contribution is 0.754. The van der Waals surface area contributed by atoms with E-state index in [1.54, 1.807) is 0 Å². The molecule has 3 heteroatoms. The molecule has 0 saturated carbocycles. The maximum Gasteiger partial charge on any atom is 0.123 e. The molecule has 3 N–H and O–H groups in total. The Morgan fingerprint density at radius 2 is 1.93 bits per heavy atom. The molecule has 1 aromatic heterocycles. The molecular formula is C12H15N3. The van der Waals surface area contributed by atoms with Crippen LogP contribution in [0.3, 0.4) is 0 Å². The van der Waals surface area contributed by atoms with Crippen LogP contribution in [0.4, 0.5) is 0 Å². The summed E-state index contributed by atoms with van der Waals surface area (Å²) in [5.41, 5.74) is 8.96. The van der Waals surface area contributed by atoms with E-state index in [4.69, 9.17) is 5.73 Å². The summed E-state index contributed by atoms with van der Waals surface area (Å²) in [6.07, 6.45) is 0. The Hall–Kier alpha value is -1.61. The minimum atomic E-state index is -0.0545. The van der Waals surface area contributed by atoms with Gasteiger partial charge in [0.2, 0.25) is 0 Å². The third-order valence-electron chi connectivity index (χ3n) is 2.38. The molecule has 0 bridgehead atoms. The van der Waals surface area contributed by atoms with Crippen LogP contribution >= 0.6 is 0 Å². The standard InChI is InChI=1S/C12H15N3/c1-8(13)12-14-9(2)11(15-12)10-6-4-3-5-7-10/h3-8H,13H2,1-2H3,(H,14,15). The van der Waals surface area contributed by atoms with Gasteiger partial charge in [-0.2, -0.15) is 0 Å². The summed E-state index contributed by atoms with van der Waals surface area (Å²) in [5, 5.41) is 0. The number of imidazole rings is 1. The van der Waals surface area contributed by atoms with Gasteiger partial charge in [-0.05, 0) is 13.8 Å². The lowest BCUT2D eigenvalue weighted by Gasteiger charge is -1.98. The fourth-order valence-electron chi connectivity index (χ4n) is 1.58. The predicted molar refractivity (Wildman–Crippen MR) is 61.4 cm³/mol. The summed E-state index contributed by atoms with van der Waals surface area (Å²) < 4.78 is 0. The fourth-order valence-corrected chi connectivity index (χ4v) is 1.58. The third kappa shape index (κ3) is 1.92. The number of nitrogens with two attached hydrogens (primary N) is 1. The van der Waals surface area contributed by atoms with Gasteiger partial charge in [0, 0.05) is 11.3 Å². The van der Waals surface area contributed by atoms with Crippen LogP contribution in [0.15, 0.2) is 30.3 Å². The van der Waals surface area contributed by atoms with Gasteiger partial charge in [0.15, 0.2) is 0 Å². The Morgan fingerprint density at radius 3 is 2.47 bits per heavy atom. The van der Waals surface area contributed by atoms with Gasteiger partial charge in [-0.3, -0.25) is 0 Å². The molecular weight excluding hydrogens is 186 g/mol. The van der Waals surface area contributed by atoms with Crippen LogP contribution in [0.2, 0.25) is 0 Å². The summed E-state index contributed by atoms with van der Waals surface area (Å²) in [6.45, 7) is 3.94. The number of aromatic nitrogens is 2. The maximum absolute atomic E-state index is 5.78. The SMILES string of the molecule is Cc1[nH]c(C(C)N)nc1-c1ccccc1. The van der Waals surface area contributed by atoms with E-state index in [1.165, 1.54) is 0 Å². The lowest BCUT2D eigenvalue weighted by Crippen LogP contribution is -2.06. The number of benzene rings is 1. The molecule has 0 spiro atoms. The van der Waals surface area contributed by atoms with Crippen molar-refractivity contribution in [2.75, 3.05) is 0 Å². The zero-order valence-electron chi connectivity index (χ0n) is 8.99. The van der Waals surface area contributed by atoms with Crippen LogP contribution in [-0.2, 0) is 0 Å². The molecule has 1 heterocycles.